The van der Waals surface area contributed by atoms with Crippen LogP contribution in [0.5, 0.6) is 17.2 Å². The monoisotopic (exact) mass is 357 g/mol. The van der Waals surface area contributed by atoms with Crippen LogP contribution in [0.4, 0.5) is 5.69 Å². The highest BCUT2D eigenvalue weighted by Crippen LogP contribution is 2.39. The maximum atomic E-state index is 12.5. The van der Waals surface area contributed by atoms with E-state index in [1.54, 1.807) is 33.5 Å². The number of carbonyl (C=O) groups excluding carboxylic acids is 1. The van der Waals surface area contributed by atoms with E-state index in [1.807, 2.05) is 0 Å². The van der Waals surface area contributed by atoms with Crippen LogP contribution in [-0.4, -0.2) is 40.3 Å². The maximum Gasteiger partial charge on any atom is 0.279 e. The molecular formula is C20H25N2O4+. The molecule has 2 aromatic rings. The number of rotatable bonds is 6. The van der Waals surface area contributed by atoms with Gasteiger partial charge >= 0.3 is 0 Å². The van der Waals surface area contributed by atoms with Crippen LogP contribution < -0.4 is 24.4 Å². The highest BCUT2D eigenvalue weighted by atomic mass is 16.5. The van der Waals surface area contributed by atoms with Crippen molar-refractivity contribution < 1.29 is 23.9 Å². The summed E-state index contributed by atoms with van der Waals surface area (Å²) in [4.78, 5) is 13.8. The van der Waals surface area contributed by atoms with Crippen molar-refractivity contribution in [3.05, 3.63) is 47.5 Å². The van der Waals surface area contributed by atoms with Gasteiger partial charge in [-0.3, -0.25) is 4.79 Å². The van der Waals surface area contributed by atoms with E-state index in [4.69, 9.17) is 14.2 Å². The minimum Gasteiger partial charge on any atom is -0.493 e. The Morgan fingerprint density at radius 2 is 1.69 bits per heavy atom. The molecule has 1 aliphatic heterocycles. The Bertz CT molecular complexity index is 766. The molecule has 138 valence electrons. The van der Waals surface area contributed by atoms with E-state index in [2.05, 4.69) is 29.6 Å². The summed E-state index contributed by atoms with van der Waals surface area (Å²) in [5, 5.41) is 2.94. The summed E-state index contributed by atoms with van der Waals surface area (Å²) in [6, 6.07) is 11.9. The fraction of sp³-hybridized carbons (Fsp3) is 0.350. The quantitative estimate of drug-likeness (QED) is 0.818. The fourth-order valence-corrected chi connectivity index (χ4v) is 3.38. The third-order valence-corrected chi connectivity index (χ3v) is 4.67. The molecule has 1 heterocycles. The molecule has 2 aromatic carbocycles. The highest BCUT2D eigenvalue weighted by Gasteiger charge is 2.22. The van der Waals surface area contributed by atoms with Crippen molar-refractivity contribution in [3.8, 4) is 17.2 Å². The number of hydrogen-bond donors (Lipinski definition) is 2. The zero-order valence-corrected chi connectivity index (χ0v) is 15.4. The van der Waals surface area contributed by atoms with E-state index in [0.29, 0.717) is 29.5 Å². The first-order chi connectivity index (χ1) is 12.6. The third-order valence-electron chi connectivity index (χ3n) is 4.67. The van der Waals surface area contributed by atoms with Gasteiger partial charge in [-0.2, -0.15) is 0 Å². The summed E-state index contributed by atoms with van der Waals surface area (Å²) >= 11 is 0. The lowest BCUT2D eigenvalue weighted by Crippen LogP contribution is -3.12. The van der Waals surface area contributed by atoms with E-state index in [-0.39, 0.29) is 5.91 Å². The summed E-state index contributed by atoms with van der Waals surface area (Å²) in [6.07, 6.45) is 1.00. The van der Waals surface area contributed by atoms with Crippen molar-refractivity contribution in [2.24, 2.45) is 0 Å². The Morgan fingerprint density at radius 1 is 1.04 bits per heavy atom. The summed E-state index contributed by atoms with van der Waals surface area (Å²) in [5.74, 6) is 1.50. The summed E-state index contributed by atoms with van der Waals surface area (Å²) < 4.78 is 16.0. The zero-order chi connectivity index (χ0) is 18.5. The first-order valence-electron chi connectivity index (χ1n) is 8.64. The lowest BCUT2D eigenvalue weighted by atomic mass is 10.00. The van der Waals surface area contributed by atoms with E-state index in [0.717, 1.165) is 19.5 Å². The smallest absolute Gasteiger partial charge is 0.279 e. The Balaban J connectivity index is 1.67. The lowest BCUT2D eigenvalue weighted by molar-refractivity contribution is -0.907. The highest BCUT2D eigenvalue weighted by molar-refractivity contribution is 5.92. The van der Waals surface area contributed by atoms with Gasteiger partial charge in [-0.15, -0.1) is 0 Å². The number of benzene rings is 2. The molecule has 0 saturated carbocycles. The summed E-state index contributed by atoms with van der Waals surface area (Å²) in [5.41, 5.74) is 3.34. The second-order valence-electron chi connectivity index (χ2n) is 6.33. The average molecular weight is 357 g/mol. The van der Waals surface area contributed by atoms with Crippen LogP contribution in [0.15, 0.2) is 36.4 Å². The van der Waals surface area contributed by atoms with E-state index in [1.165, 1.54) is 16.0 Å². The standard InChI is InChI=1S/C20H24N2O4/c1-24-17-10-16(11-18(25-2)20(17)26-3)21-19(23)13-22-9-8-14-6-4-5-7-15(14)12-22/h4-7,10-11H,8-9,12-13H2,1-3H3,(H,21,23)/p+1. The molecule has 0 spiro atoms. The molecule has 1 atom stereocenters. The number of amides is 1. The number of fused-ring (bicyclic) bond motifs is 1. The van der Waals surface area contributed by atoms with Crippen molar-refractivity contribution in [1.29, 1.82) is 0 Å². The normalized spacial score (nSPS) is 15.7. The average Bonchev–Trinajstić information content (AvgIpc) is 2.66. The van der Waals surface area contributed by atoms with Crippen molar-refractivity contribution >= 4 is 11.6 Å². The Morgan fingerprint density at radius 3 is 2.31 bits per heavy atom. The predicted molar refractivity (Wildman–Crippen MR) is 99.3 cm³/mol. The first-order valence-corrected chi connectivity index (χ1v) is 8.64. The minimum absolute atomic E-state index is 0.0337. The molecular weight excluding hydrogens is 332 g/mol. The molecule has 0 bridgehead atoms. The van der Waals surface area contributed by atoms with Gasteiger partial charge in [0.2, 0.25) is 5.75 Å². The molecule has 0 fully saturated rings. The predicted octanol–water partition coefficient (Wildman–Crippen LogP) is 1.29. The Hall–Kier alpha value is -2.73. The van der Waals surface area contributed by atoms with Gasteiger partial charge in [0.05, 0.1) is 27.9 Å². The number of anilines is 1. The summed E-state index contributed by atoms with van der Waals surface area (Å²) in [6.45, 7) is 2.25. The zero-order valence-electron chi connectivity index (χ0n) is 15.4. The van der Waals surface area contributed by atoms with Gasteiger partial charge < -0.3 is 24.4 Å². The van der Waals surface area contributed by atoms with Crippen LogP contribution in [0.25, 0.3) is 0 Å². The molecule has 0 saturated heterocycles. The van der Waals surface area contributed by atoms with Crippen molar-refractivity contribution in [1.82, 2.24) is 0 Å². The molecule has 1 aliphatic rings. The topological polar surface area (TPSA) is 61.2 Å². The number of ether oxygens (including phenoxy) is 3. The number of hydrogen-bond acceptors (Lipinski definition) is 4. The molecule has 1 amide bonds. The molecule has 6 heteroatoms. The Labute approximate surface area is 153 Å². The van der Waals surface area contributed by atoms with Crippen molar-refractivity contribution in [2.45, 2.75) is 13.0 Å². The first kappa shape index (κ1) is 18.1. The van der Waals surface area contributed by atoms with Crippen LogP contribution in [0.1, 0.15) is 11.1 Å². The Kier molecular flexibility index (Phi) is 5.63. The second kappa shape index (κ2) is 8.10. The van der Waals surface area contributed by atoms with E-state index in [9.17, 15) is 4.79 Å². The largest absolute Gasteiger partial charge is 0.493 e. The van der Waals surface area contributed by atoms with Gasteiger partial charge in [0.15, 0.2) is 18.0 Å². The molecule has 1 unspecified atom stereocenters. The molecule has 6 nitrogen and oxygen atoms in total. The minimum atomic E-state index is -0.0337. The molecule has 0 aliphatic carbocycles. The number of quaternary nitrogens is 1. The molecule has 3 rings (SSSR count). The molecule has 0 radical (unpaired) electrons. The molecule has 0 aromatic heterocycles. The van der Waals surface area contributed by atoms with Crippen LogP contribution in [-0.2, 0) is 17.8 Å². The van der Waals surface area contributed by atoms with E-state index < -0.39 is 0 Å². The van der Waals surface area contributed by atoms with Gasteiger partial charge in [0, 0.05) is 29.8 Å². The van der Waals surface area contributed by atoms with Gasteiger partial charge in [0.25, 0.3) is 5.91 Å². The molecule has 26 heavy (non-hydrogen) atoms. The lowest BCUT2D eigenvalue weighted by Gasteiger charge is -2.25. The van der Waals surface area contributed by atoms with Crippen molar-refractivity contribution in [2.75, 3.05) is 39.7 Å². The van der Waals surface area contributed by atoms with Gasteiger partial charge in [0.1, 0.15) is 6.54 Å². The van der Waals surface area contributed by atoms with Crippen LogP contribution >= 0.6 is 0 Å². The van der Waals surface area contributed by atoms with Gasteiger partial charge in [-0.1, -0.05) is 24.3 Å². The number of nitrogens with one attached hydrogen (secondary N) is 2. The van der Waals surface area contributed by atoms with Crippen LogP contribution in [0.3, 0.4) is 0 Å². The fourth-order valence-electron chi connectivity index (χ4n) is 3.38. The van der Waals surface area contributed by atoms with Gasteiger partial charge in [-0.25, -0.2) is 0 Å². The SMILES string of the molecule is COc1cc(NC(=O)C[NH+]2CCc3ccccc3C2)cc(OC)c1OC. The van der Waals surface area contributed by atoms with Crippen molar-refractivity contribution in [3.63, 3.8) is 0 Å². The van der Waals surface area contributed by atoms with Gasteiger partial charge in [-0.05, 0) is 5.56 Å². The third kappa shape index (κ3) is 3.91. The van der Waals surface area contributed by atoms with Crippen LogP contribution in [0, 0.1) is 0 Å². The van der Waals surface area contributed by atoms with E-state index >= 15 is 0 Å². The van der Waals surface area contributed by atoms with Crippen LogP contribution in [0.2, 0.25) is 0 Å². The number of methoxy groups -OCH3 is 3. The summed E-state index contributed by atoms with van der Waals surface area (Å²) in [7, 11) is 4.66. The number of carbonyl (C=O) groups is 1. The second-order valence-corrected chi connectivity index (χ2v) is 6.33. The molecule has 2 N–H and O–H groups in total. The maximum absolute atomic E-state index is 12.5.